The van der Waals surface area contributed by atoms with Crippen molar-refractivity contribution in [3.05, 3.63) is 35.5 Å². The summed E-state index contributed by atoms with van der Waals surface area (Å²) in [6, 6.07) is 5.13. The first-order valence-corrected chi connectivity index (χ1v) is 11.1. The second-order valence-corrected chi connectivity index (χ2v) is 8.70. The van der Waals surface area contributed by atoms with Gasteiger partial charge in [0.15, 0.2) is 11.5 Å². The number of allylic oxidation sites excluding steroid dienone is 1. The number of carbonyl (C=O) groups excluding carboxylic acids is 1. The van der Waals surface area contributed by atoms with Crippen molar-refractivity contribution < 1.29 is 22.7 Å². The molecular formula is C20H27N3O5S. The Balaban J connectivity index is 2.03. The minimum absolute atomic E-state index is 0.102. The molecule has 29 heavy (non-hydrogen) atoms. The minimum Gasteiger partial charge on any atom is -0.493 e. The highest BCUT2D eigenvalue weighted by Gasteiger charge is 2.35. The van der Waals surface area contributed by atoms with Crippen LogP contribution >= 0.6 is 0 Å². The summed E-state index contributed by atoms with van der Waals surface area (Å²) in [6.45, 7) is 2.67. The minimum atomic E-state index is -4.02. The smallest absolute Gasteiger partial charge is 0.345 e. The molecule has 1 saturated heterocycles. The maximum absolute atomic E-state index is 13.3. The second kappa shape index (κ2) is 8.44. The van der Waals surface area contributed by atoms with Crippen LogP contribution in [0.2, 0.25) is 0 Å². The number of hydrogen-bond donors (Lipinski definition) is 0. The number of likely N-dealkylation sites (N-methyl/N-ethyl adjacent to an activating group) is 1. The van der Waals surface area contributed by atoms with E-state index in [9.17, 15) is 13.2 Å². The van der Waals surface area contributed by atoms with Gasteiger partial charge in [-0.05, 0) is 50.0 Å². The first kappa shape index (κ1) is 21.2. The van der Waals surface area contributed by atoms with Crippen molar-refractivity contribution in [1.82, 2.24) is 9.21 Å². The molecule has 0 saturated carbocycles. The van der Waals surface area contributed by atoms with Gasteiger partial charge >= 0.3 is 10.2 Å². The van der Waals surface area contributed by atoms with Crippen molar-refractivity contribution in [3.63, 3.8) is 0 Å². The molecule has 1 fully saturated rings. The molecule has 3 rings (SSSR count). The van der Waals surface area contributed by atoms with Gasteiger partial charge in [-0.3, -0.25) is 4.79 Å². The highest BCUT2D eigenvalue weighted by Crippen LogP contribution is 2.30. The molecule has 0 aromatic heterocycles. The Labute approximate surface area is 172 Å². The number of benzene rings is 1. The Bertz CT molecular complexity index is 955. The van der Waals surface area contributed by atoms with Gasteiger partial charge in [0.05, 0.1) is 19.9 Å². The standard InChI is InChI=1S/C20H27N3O5S/c1-5-15-8-6-7-11-23(15)20(24)17-13-16(21-29(25,26)22(17)2)14-9-10-18(27-3)19(12-14)28-4/h9-10,12-13,15H,5-8,11H2,1-4H3. The third-order valence-corrected chi connectivity index (χ3v) is 6.75. The number of methoxy groups -OCH3 is 2. The quantitative estimate of drug-likeness (QED) is 0.728. The Morgan fingerprint density at radius 3 is 2.59 bits per heavy atom. The largest absolute Gasteiger partial charge is 0.493 e. The van der Waals surface area contributed by atoms with Crippen LogP contribution in [0.5, 0.6) is 11.5 Å². The lowest BCUT2D eigenvalue weighted by atomic mass is 9.99. The number of rotatable bonds is 5. The molecule has 2 aliphatic heterocycles. The van der Waals surface area contributed by atoms with Gasteiger partial charge in [0.2, 0.25) is 0 Å². The van der Waals surface area contributed by atoms with E-state index in [0.717, 1.165) is 30.0 Å². The van der Waals surface area contributed by atoms with E-state index < -0.39 is 10.2 Å². The van der Waals surface area contributed by atoms with E-state index in [0.29, 0.717) is 23.6 Å². The molecule has 1 aromatic rings. The molecule has 0 spiro atoms. The number of carbonyl (C=O) groups is 1. The summed E-state index contributed by atoms with van der Waals surface area (Å²) in [4.78, 5) is 15.1. The predicted molar refractivity (Wildman–Crippen MR) is 110 cm³/mol. The predicted octanol–water partition coefficient (Wildman–Crippen LogP) is 2.36. The summed E-state index contributed by atoms with van der Waals surface area (Å²) in [5.41, 5.74) is 0.818. The molecule has 0 bridgehead atoms. The van der Waals surface area contributed by atoms with Gasteiger partial charge in [0.25, 0.3) is 5.91 Å². The summed E-state index contributed by atoms with van der Waals surface area (Å²) in [6.07, 6.45) is 5.30. The van der Waals surface area contributed by atoms with Gasteiger partial charge in [-0.25, -0.2) is 4.31 Å². The van der Waals surface area contributed by atoms with Crippen LogP contribution in [0.25, 0.3) is 0 Å². The van der Waals surface area contributed by atoms with Gasteiger partial charge in [-0.1, -0.05) is 6.92 Å². The van der Waals surface area contributed by atoms with Crippen LogP contribution < -0.4 is 9.47 Å². The lowest BCUT2D eigenvalue weighted by Gasteiger charge is -2.37. The van der Waals surface area contributed by atoms with E-state index in [1.54, 1.807) is 23.1 Å². The van der Waals surface area contributed by atoms with E-state index in [2.05, 4.69) is 4.40 Å². The topological polar surface area (TPSA) is 88.5 Å². The Morgan fingerprint density at radius 1 is 1.21 bits per heavy atom. The first-order valence-electron chi connectivity index (χ1n) is 9.66. The first-order chi connectivity index (χ1) is 13.8. The van der Waals surface area contributed by atoms with Crippen LogP contribution in [0, 0.1) is 0 Å². The van der Waals surface area contributed by atoms with Gasteiger partial charge in [0, 0.05) is 25.2 Å². The van der Waals surface area contributed by atoms with Crippen molar-refractivity contribution in [2.75, 3.05) is 27.8 Å². The lowest BCUT2D eigenvalue weighted by Crippen LogP contribution is -2.47. The maximum atomic E-state index is 13.3. The van der Waals surface area contributed by atoms with Crippen molar-refractivity contribution in [2.24, 2.45) is 4.40 Å². The van der Waals surface area contributed by atoms with E-state index >= 15 is 0 Å². The molecule has 158 valence electrons. The number of hydrogen-bond acceptors (Lipinski definition) is 5. The van der Waals surface area contributed by atoms with E-state index in [4.69, 9.17) is 9.47 Å². The fourth-order valence-electron chi connectivity index (χ4n) is 3.72. The zero-order valence-electron chi connectivity index (χ0n) is 17.2. The zero-order valence-corrected chi connectivity index (χ0v) is 18.0. The number of ether oxygens (including phenoxy) is 2. The Morgan fingerprint density at radius 2 is 1.93 bits per heavy atom. The molecule has 0 radical (unpaired) electrons. The Kier molecular flexibility index (Phi) is 6.16. The number of nitrogens with zero attached hydrogens (tertiary/aromatic N) is 3. The normalized spacial score (nSPS) is 21.3. The van der Waals surface area contributed by atoms with Crippen LogP contribution in [-0.4, -0.2) is 63.1 Å². The monoisotopic (exact) mass is 421 g/mol. The van der Waals surface area contributed by atoms with E-state index in [1.165, 1.54) is 27.3 Å². The summed E-state index contributed by atoms with van der Waals surface area (Å²) in [7, 11) is 0.366. The van der Waals surface area contributed by atoms with Crippen molar-refractivity contribution >= 4 is 21.8 Å². The molecule has 0 N–H and O–H groups in total. The van der Waals surface area contributed by atoms with Crippen molar-refractivity contribution in [3.8, 4) is 11.5 Å². The molecule has 1 atom stereocenters. The van der Waals surface area contributed by atoms with E-state index in [-0.39, 0.29) is 23.4 Å². The molecular weight excluding hydrogens is 394 g/mol. The van der Waals surface area contributed by atoms with Gasteiger partial charge in [-0.2, -0.15) is 8.42 Å². The molecule has 2 aliphatic rings. The van der Waals surface area contributed by atoms with Gasteiger partial charge in [-0.15, -0.1) is 4.40 Å². The maximum Gasteiger partial charge on any atom is 0.345 e. The second-order valence-electron chi connectivity index (χ2n) is 7.08. The number of piperidine rings is 1. The van der Waals surface area contributed by atoms with Crippen LogP contribution in [0.15, 0.2) is 34.4 Å². The van der Waals surface area contributed by atoms with Crippen LogP contribution in [0.4, 0.5) is 0 Å². The lowest BCUT2D eigenvalue weighted by molar-refractivity contribution is -0.131. The third kappa shape index (κ3) is 4.10. The van der Waals surface area contributed by atoms with Crippen molar-refractivity contribution in [1.29, 1.82) is 0 Å². The third-order valence-electron chi connectivity index (χ3n) is 5.43. The summed E-state index contributed by atoms with van der Waals surface area (Å²) >= 11 is 0. The van der Waals surface area contributed by atoms with E-state index in [1.807, 2.05) is 6.92 Å². The Hall–Kier alpha value is -2.55. The van der Waals surface area contributed by atoms with Crippen LogP contribution in [-0.2, 0) is 15.0 Å². The zero-order chi connectivity index (χ0) is 21.2. The van der Waals surface area contributed by atoms with Gasteiger partial charge in [0.1, 0.15) is 5.70 Å². The van der Waals surface area contributed by atoms with Crippen LogP contribution in [0.3, 0.4) is 0 Å². The average molecular weight is 422 g/mol. The molecule has 2 heterocycles. The average Bonchev–Trinajstić information content (AvgIpc) is 2.74. The highest BCUT2D eigenvalue weighted by atomic mass is 32.2. The molecule has 1 aromatic carbocycles. The van der Waals surface area contributed by atoms with Gasteiger partial charge < -0.3 is 14.4 Å². The highest BCUT2D eigenvalue weighted by molar-refractivity contribution is 7.88. The molecule has 1 unspecified atom stereocenters. The summed E-state index contributed by atoms with van der Waals surface area (Å²) in [5.74, 6) is 0.690. The van der Waals surface area contributed by atoms with Crippen LogP contribution in [0.1, 0.15) is 38.2 Å². The number of amides is 1. The summed E-state index contributed by atoms with van der Waals surface area (Å²) in [5, 5.41) is 0. The number of likely N-dealkylation sites (tertiary alicyclic amines) is 1. The van der Waals surface area contributed by atoms with Crippen molar-refractivity contribution in [2.45, 2.75) is 38.6 Å². The molecule has 8 nitrogen and oxygen atoms in total. The SMILES string of the molecule is CCC1CCCCN1C(=O)C1=CC(c2ccc(OC)c(OC)c2)=NS(=O)(=O)N1C. The molecule has 0 aliphatic carbocycles. The fourth-order valence-corrected chi connectivity index (χ4v) is 4.63. The fraction of sp³-hybridized carbons (Fsp3) is 0.500. The summed E-state index contributed by atoms with van der Waals surface area (Å²) < 4.78 is 40.7. The molecule has 9 heteroatoms. The molecule has 1 amide bonds.